The van der Waals surface area contributed by atoms with E-state index in [1.807, 2.05) is 7.05 Å². The Morgan fingerprint density at radius 1 is 1.50 bits per heavy atom. The van der Waals surface area contributed by atoms with E-state index in [0.29, 0.717) is 0 Å². The molecule has 1 fully saturated rings. The van der Waals surface area contributed by atoms with E-state index in [9.17, 15) is 0 Å². The minimum atomic E-state index is 0.807. The Hall–Kier alpha value is -1.07. The fourth-order valence-electron chi connectivity index (χ4n) is 2.48. The van der Waals surface area contributed by atoms with Gasteiger partial charge in [0.05, 0.1) is 6.54 Å². The maximum Gasteiger partial charge on any atom is 0.193 e. The molecule has 0 amide bonds. The highest BCUT2D eigenvalue weighted by atomic mass is 32.1. The van der Waals surface area contributed by atoms with E-state index in [1.54, 1.807) is 11.3 Å². The quantitative estimate of drug-likeness (QED) is 0.670. The molecule has 0 aromatic carbocycles. The fourth-order valence-corrected chi connectivity index (χ4v) is 3.13. The second kappa shape index (κ2) is 8.27. The first-order chi connectivity index (χ1) is 9.79. The molecule has 1 saturated heterocycles. The number of hydrogen-bond donors (Lipinski definition) is 1. The molecule has 112 valence electrons. The lowest BCUT2D eigenvalue weighted by molar-refractivity contribution is 0.0625. The van der Waals surface area contributed by atoms with Crippen molar-refractivity contribution in [2.45, 2.75) is 25.8 Å². The van der Waals surface area contributed by atoms with Crippen molar-refractivity contribution in [1.82, 2.24) is 10.2 Å². The zero-order chi connectivity index (χ0) is 14.2. The second-order valence-corrected chi connectivity index (χ2v) is 6.28. The van der Waals surface area contributed by atoms with Crippen molar-refractivity contribution in [2.24, 2.45) is 10.9 Å². The van der Waals surface area contributed by atoms with Crippen molar-refractivity contribution in [3.8, 4) is 0 Å². The highest BCUT2D eigenvalue weighted by Gasteiger charge is 2.15. The van der Waals surface area contributed by atoms with Crippen LogP contribution < -0.4 is 5.32 Å². The van der Waals surface area contributed by atoms with E-state index in [1.165, 1.54) is 24.1 Å². The maximum atomic E-state index is 5.41. The molecule has 0 atom stereocenters. The number of thiophene rings is 1. The third kappa shape index (κ3) is 4.80. The summed E-state index contributed by atoms with van der Waals surface area (Å²) < 4.78 is 5.41. The van der Waals surface area contributed by atoms with Crippen LogP contribution in [0.1, 0.15) is 24.1 Å². The number of rotatable bonds is 5. The van der Waals surface area contributed by atoms with Crippen LogP contribution in [-0.2, 0) is 11.3 Å². The first-order valence-electron chi connectivity index (χ1n) is 7.31. The summed E-state index contributed by atoms with van der Waals surface area (Å²) in [7, 11) is 3.96. The molecule has 2 heterocycles. The summed E-state index contributed by atoms with van der Waals surface area (Å²) in [6.07, 6.45) is 3.63. The van der Waals surface area contributed by atoms with Gasteiger partial charge in [-0.05, 0) is 36.6 Å². The minimum Gasteiger partial charge on any atom is -0.381 e. The van der Waals surface area contributed by atoms with Gasteiger partial charge in [-0.15, -0.1) is 11.3 Å². The third-order valence-corrected chi connectivity index (χ3v) is 4.66. The summed E-state index contributed by atoms with van der Waals surface area (Å²) in [6.45, 7) is 3.76. The van der Waals surface area contributed by atoms with Gasteiger partial charge in [0.15, 0.2) is 5.96 Å². The summed E-state index contributed by atoms with van der Waals surface area (Å²) in [5.41, 5.74) is 0. The fraction of sp³-hybridized carbons (Fsp3) is 0.667. The molecule has 1 aromatic rings. The molecule has 20 heavy (non-hydrogen) atoms. The number of ether oxygens (including phenoxy) is 1. The molecular formula is C15H25N3OS. The lowest BCUT2D eigenvalue weighted by Gasteiger charge is -2.26. The maximum absolute atomic E-state index is 5.41. The number of nitrogens with zero attached hydrogens (tertiary/aromatic N) is 2. The molecule has 1 aromatic heterocycles. The molecule has 0 radical (unpaired) electrons. The molecule has 2 rings (SSSR count). The Bertz CT molecular complexity index is 399. The van der Waals surface area contributed by atoms with Gasteiger partial charge in [0, 0.05) is 38.7 Å². The van der Waals surface area contributed by atoms with Crippen LogP contribution in [-0.4, -0.2) is 44.7 Å². The molecule has 1 aliphatic rings. The van der Waals surface area contributed by atoms with Crippen LogP contribution in [0.15, 0.2) is 22.5 Å². The average molecular weight is 295 g/mol. The molecule has 1 N–H and O–H groups in total. The Morgan fingerprint density at radius 3 is 2.95 bits per heavy atom. The molecular weight excluding hydrogens is 270 g/mol. The topological polar surface area (TPSA) is 36.9 Å². The number of aliphatic imine (C=N–C) groups is 1. The Morgan fingerprint density at radius 2 is 2.30 bits per heavy atom. The van der Waals surface area contributed by atoms with Crippen molar-refractivity contribution >= 4 is 17.3 Å². The van der Waals surface area contributed by atoms with Crippen LogP contribution in [0, 0.1) is 5.92 Å². The van der Waals surface area contributed by atoms with E-state index in [2.05, 4.69) is 39.8 Å². The van der Waals surface area contributed by atoms with Crippen LogP contribution >= 0.6 is 11.3 Å². The van der Waals surface area contributed by atoms with Gasteiger partial charge in [0.25, 0.3) is 0 Å². The summed E-state index contributed by atoms with van der Waals surface area (Å²) in [5, 5.41) is 5.53. The molecule has 1 aliphatic heterocycles. The van der Waals surface area contributed by atoms with Gasteiger partial charge in [0.2, 0.25) is 0 Å². The molecule has 5 heteroatoms. The predicted octanol–water partition coefficient (Wildman–Crippen LogP) is 2.57. The van der Waals surface area contributed by atoms with Gasteiger partial charge >= 0.3 is 0 Å². The molecule has 0 spiro atoms. The highest BCUT2D eigenvalue weighted by molar-refractivity contribution is 7.09. The van der Waals surface area contributed by atoms with Crippen molar-refractivity contribution < 1.29 is 4.74 Å². The van der Waals surface area contributed by atoms with Crippen LogP contribution in [0.4, 0.5) is 0 Å². The third-order valence-electron chi connectivity index (χ3n) is 3.79. The van der Waals surface area contributed by atoms with E-state index in [-0.39, 0.29) is 0 Å². The van der Waals surface area contributed by atoms with Crippen LogP contribution in [0.5, 0.6) is 0 Å². The zero-order valence-corrected chi connectivity index (χ0v) is 13.3. The summed E-state index contributed by atoms with van der Waals surface area (Å²) >= 11 is 1.77. The largest absolute Gasteiger partial charge is 0.381 e. The van der Waals surface area contributed by atoms with E-state index < -0.39 is 0 Å². The molecule has 0 unspecified atom stereocenters. The lowest BCUT2D eigenvalue weighted by Crippen LogP contribution is -2.39. The molecule has 0 saturated carbocycles. The summed E-state index contributed by atoms with van der Waals surface area (Å²) in [4.78, 5) is 7.92. The van der Waals surface area contributed by atoms with Gasteiger partial charge < -0.3 is 15.0 Å². The first kappa shape index (κ1) is 15.3. The summed E-state index contributed by atoms with van der Waals surface area (Å²) in [6, 6.07) is 4.23. The number of guanidine groups is 1. The van der Waals surface area contributed by atoms with Gasteiger partial charge in [-0.3, -0.25) is 4.99 Å². The van der Waals surface area contributed by atoms with Gasteiger partial charge in [-0.25, -0.2) is 0 Å². The van der Waals surface area contributed by atoms with Gasteiger partial charge in [-0.2, -0.15) is 0 Å². The average Bonchev–Trinajstić information content (AvgIpc) is 3.00. The minimum absolute atomic E-state index is 0.807. The van der Waals surface area contributed by atoms with E-state index in [4.69, 9.17) is 4.74 Å². The van der Waals surface area contributed by atoms with Crippen LogP contribution in [0.2, 0.25) is 0 Å². The highest BCUT2D eigenvalue weighted by Crippen LogP contribution is 2.18. The van der Waals surface area contributed by atoms with Gasteiger partial charge in [-0.1, -0.05) is 6.07 Å². The number of nitrogens with one attached hydrogen (secondary N) is 1. The van der Waals surface area contributed by atoms with Crippen molar-refractivity contribution in [1.29, 1.82) is 0 Å². The Kier molecular flexibility index (Phi) is 6.33. The zero-order valence-electron chi connectivity index (χ0n) is 12.5. The van der Waals surface area contributed by atoms with E-state index in [0.717, 1.165) is 38.2 Å². The smallest absolute Gasteiger partial charge is 0.193 e. The van der Waals surface area contributed by atoms with Crippen molar-refractivity contribution in [3.63, 3.8) is 0 Å². The predicted molar refractivity (Wildman–Crippen MR) is 85.3 cm³/mol. The number of hydrogen-bond acceptors (Lipinski definition) is 3. The lowest BCUT2D eigenvalue weighted by atomic mass is 9.96. The van der Waals surface area contributed by atoms with Crippen molar-refractivity contribution in [3.05, 3.63) is 22.4 Å². The molecule has 0 aliphatic carbocycles. The van der Waals surface area contributed by atoms with Crippen LogP contribution in [0.3, 0.4) is 0 Å². The SMILES string of the molecule is CN=C(NCc1cccs1)N(C)CCC1CCOCC1. The Labute approximate surface area is 125 Å². The second-order valence-electron chi connectivity index (χ2n) is 5.25. The molecule has 0 bridgehead atoms. The van der Waals surface area contributed by atoms with Crippen molar-refractivity contribution in [2.75, 3.05) is 33.9 Å². The first-order valence-corrected chi connectivity index (χ1v) is 8.19. The monoisotopic (exact) mass is 295 g/mol. The van der Waals surface area contributed by atoms with Crippen LogP contribution in [0.25, 0.3) is 0 Å². The summed E-state index contributed by atoms with van der Waals surface area (Å²) in [5.74, 6) is 1.78. The Balaban J connectivity index is 1.72. The molecule has 4 nitrogen and oxygen atoms in total. The van der Waals surface area contributed by atoms with E-state index >= 15 is 0 Å². The van der Waals surface area contributed by atoms with Gasteiger partial charge in [0.1, 0.15) is 0 Å². The normalized spacial score (nSPS) is 17.2. The standard InChI is InChI=1S/C15H25N3OS/c1-16-15(17-12-14-4-3-11-20-14)18(2)8-5-13-6-9-19-10-7-13/h3-4,11,13H,5-10,12H2,1-2H3,(H,16,17).